The molecule has 1 aliphatic heterocycles. The lowest BCUT2D eigenvalue weighted by atomic mass is 9.80. The van der Waals surface area contributed by atoms with Crippen molar-refractivity contribution in [3.63, 3.8) is 0 Å². The van der Waals surface area contributed by atoms with Gasteiger partial charge < -0.3 is 13.6 Å². The zero-order valence-corrected chi connectivity index (χ0v) is 30.0. The van der Waals surface area contributed by atoms with Crippen LogP contribution in [0.3, 0.4) is 0 Å². The topological polar surface area (TPSA) is 44.5 Å². The zero-order valence-electron chi connectivity index (χ0n) is 29.0. The van der Waals surface area contributed by atoms with Gasteiger partial charge in [-0.15, -0.1) is 0 Å². The third-order valence-corrected chi connectivity index (χ3v) is 15.3. The van der Waals surface area contributed by atoms with Crippen molar-refractivity contribution in [2.24, 2.45) is 5.92 Å². The van der Waals surface area contributed by atoms with Crippen LogP contribution in [0.25, 0.3) is 28.2 Å². The Morgan fingerprint density at radius 3 is 1.92 bits per heavy atom. The van der Waals surface area contributed by atoms with E-state index in [4.69, 9.17) is 18.6 Å². The summed E-state index contributed by atoms with van der Waals surface area (Å²) in [6, 6.07) is 49.0. The molecule has 8 rings (SSSR count). The van der Waals surface area contributed by atoms with Gasteiger partial charge in [-0.25, -0.2) is 4.98 Å². The first-order chi connectivity index (χ1) is 24.4. The molecule has 4 nitrogen and oxygen atoms in total. The molecule has 6 aromatic rings. The van der Waals surface area contributed by atoms with Gasteiger partial charge in [0.2, 0.25) is 5.89 Å². The lowest BCUT2D eigenvalue weighted by Gasteiger charge is -2.43. The number of ether oxygens (including phenoxy) is 1. The van der Waals surface area contributed by atoms with Gasteiger partial charge in [-0.05, 0) is 51.9 Å². The van der Waals surface area contributed by atoms with Crippen LogP contribution in [0.4, 0.5) is 0 Å². The summed E-state index contributed by atoms with van der Waals surface area (Å²) in [7, 11) is -2.81. The van der Waals surface area contributed by atoms with Crippen LogP contribution < -0.4 is 14.8 Å². The van der Waals surface area contributed by atoms with Gasteiger partial charge in [0.25, 0.3) is 0 Å². The average molecular weight is 674 g/mol. The molecule has 5 heteroatoms. The number of aromatic nitrogens is 1. The predicted octanol–water partition coefficient (Wildman–Crippen LogP) is 10.1. The largest absolute Gasteiger partial charge is 0.534 e. The highest BCUT2D eigenvalue weighted by atomic mass is 28.4. The predicted molar refractivity (Wildman–Crippen MR) is 205 cm³/mol. The molecule has 250 valence electrons. The van der Waals surface area contributed by atoms with Gasteiger partial charge in [0, 0.05) is 29.2 Å². The first-order valence-corrected chi connectivity index (χ1v) is 19.7. The summed E-state index contributed by atoms with van der Waals surface area (Å²) < 4.78 is 20.8. The third kappa shape index (κ3) is 5.74. The number of nitrogens with zero attached hydrogens (tertiary/aromatic N) is 1. The highest BCUT2D eigenvalue weighted by Crippen LogP contribution is 2.49. The Morgan fingerprint density at radius 1 is 0.700 bits per heavy atom. The van der Waals surface area contributed by atoms with Crippen LogP contribution in [0, 0.1) is 5.92 Å². The normalized spacial score (nSPS) is 17.6. The van der Waals surface area contributed by atoms with Crippen LogP contribution in [-0.4, -0.2) is 19.9 Å². The van der Waals surface area contributed by atoms with Crippen LogP contribution >= 0.6 is 0 Å². The zero-order chi connectivity index (χ0) is 34.1. The fourth-order valence-electron chi connectivity index (χ4n) is 8.02. The Morgan fingerprint density at radius 2 is 1.30 bits per heavy atom. The molecule has 0 bridgehead atoms. The average Bonchev–Trinajstić information content (AvgIpc) is 3.83. The number of allylic oxidation sites excluding steroid dienone is 1. The summed E-state index contributed by atoms with van der Waals surface area (Å²) in [6.45, 7) is 7.67. The Kier molecular flexibility index (Phi) is 8.63. The number of rotatable bonds is 8. The number of hydrogen-bond acceptors (Lipinski definition) is 4. The van der Waals surface area contributed by atoms with E-state index in [1.807, 2.05) is 36.4 Å². The van der Waals surface area contributed by atoms with Gasteiger partial charge >= 0.3 is 8.32 Å². The minimum atomic E-state index is -2.81. The summed E-state index contributed by atoms with van der Waals surface area (Å²) in [6.07, 6.45) is 4.91. The minimum absolute atomic E-state index is 0.114. The molecule has 2 heterocycles. The summed E-state index contributed by atoms with van der Waals surface area (Å²) >= 11 is 0. The van der Waals surface area contributed by atoms with E-state index in [1.54, 1.807) is 0 Å². The van der Waals surface area contributed by atoms with Crippen LogP contribution in [0.1, 0.15) is 56.7 Å². The van der Waals surface area contributed by atoms with Gasteiger partial charge in [-0.1, -0.05) is 160 Å². The van der Waals surface area contributed by atoms with Crippen molar-refractivity contribution in [1.29, 1.82) is 0 Å². The minimum Gasteiger partial charge on any atom is -0.534 e. The van der Waals surface area contributed by atoms with E-state index in [0.29, 0.717) is 12.5 Å². The lowest BCUT2D eigenvalue weighted by molar-refractivity contribution is 0.0786. The summed E-state index contributed by atoms with van der Waals surface area (Å²) in [5.41, 5.74) is 6.73. The van der Waals surface area contributed by atoms with Crippen LogP contribution in [-0.2, 0) is 11.2 Å². The van der Waals surface area contributed by atoms with E-state index < -0.39 is 8.32 Å². The maximum Gasteiger partial charge on any atom is 0.319 e. The fourth-order valence-corrected chi connectivity index (χ4v) is 12.5. The third-order valence-electron chi connectivity index (χ3n) is 10.3. The SMILES string of the molecule is CC(C)(C)[Si](Oc1cccc2c1CCC=C2C1CCOC1c1nc(-c2ccccc2)c(-c2ccccc2)o1)(c1ccccc1)c1ccccc1. The molecular weight excluding hydrogens is 631 g/mol. The fraction of sp³-hybridized carbons (Fsp3) is 0.222. The molecule has 50 heavy (non-hydrogen) atoms. The maximum absolute atomic E-state index is 7.63. The number of fused-ring (bicyclic) bond motifs is 1. The highest BCUT2D eigenvalue weighted by Gasteiger charge is 2.52. The Labute approximate surface area is 296 Å². The van der Waals surface area contributed by atoms with E-state index in [1.165, 1.54) is 27.1 Å². The molecule has 1 aliphatic carbocycles. The first kappa shape index (κ1) is 32.2. The van der Waals surface area contributed by atoms with Gasteiger partial charge in [0.05, 0.1) is 0 Å². The van der Waals surface area contributed by atoms with E-state index in [-0.39, 0.29) is 17.1 Å². The number of hydrogen-bond donors (Lipinski definition) is 0. The van der Waals surface area contributed by atoms with Crippen molar-refractivity contribution in [3.8, 4) is 28.3 Å². The molecule has 0 spiro atoms. The molecule has 0 saturated carbocycles. The Bertz CT molecular complexity index is 2000. The smallest absolute Gasteiger partial charge is 0.319 e. The van der Waals surface area contributed by atoms with Crippen molar-refractivity contribution in [3.05, 3.63) is 163 Å². The Balaban J connectivity index is 1.19. The summed E-state index contributed by atoms with van der Waals surface area (Å²) in [5.74, 6) is 2.52. The van der Waals surface area contributed by atoms with Gasteiger partial charge in [-0.3, -0.25) is 0 Å². The molecule has 1 fully saturated rings. The second-order valence-corrected chi connectivity index (χ2v) is 18.6. The summed E-state index contributed by atoms with van der Waals surface area (Å²) in [5, 5.41) is 2.42. The van der Waals surface area contributed by atoms with Crippen molar-refractivity contribution >= 4 is 24.3 Å². The molecule has 0 radical (unpaired) electrons. The summed E-state index contributed by atoms with van der Waals surface area (Å²) in [4.78, 5) is 5.16. The molecule has 0 amide bonds. The molecule has 5 aromatic carbocycles. The van der Waals surface area contributed by atoms with Crippen LogP contribution in [0.2, 0.25) is 5.04 Å². The molecule has 2 unspecified atom stereocenters. The lowest BCUT2D eigenvalue weighted by Crippen LogP contribution is -2.68. The van der Waals surface area contributed by atoms with E-state index in [9.17, 15) is 0 Å². The van der Waals surface area contributed by atoms with E-state index in [2.05, 4.69) is 130 Å². The van der Waals surface area contributed by atoms with Gasteiger partial charge in [0.15, 0.2) is 5.76 Å². The molecule has 2 atom stereocenters. The molecule has 1 aromatic heterocycles. The molecule has 2 aliphatic rings. The van der Waals surface area contributed by atoms with Crippen molar-refractivity contribution in [1.82, 2.24) is 4.98 Å². The maximum atomic E-state index is 7.63. The highest BCUT2D eigenvalue weighted by molar-refractivity contribution is 7.00. The van der Waals surface area contributed by atoms with Crippen LogP contribution in [0.15, 0.2) is 150 Å². The second kappa shape index (κ2) is 13.4. The standard InChI is InChI=1S/C45H43NO3Si/c1-45(2,3)50(34-22-12-6-13-23-34,35-24-14-7-15-25-35)49-40-29-17-27-36-37(26-16-28-38(36)40)39-30-31-47-43(39)44-46-41(32-18-8-4-9-19-32)42(48-44)33-20-10-5-11-21-33/h4-15,17-27,29,39,43H,16,28,30-31H2,1-3H3. The molecular formula is C45H43NO3Si. The number of benzene rings is 5. The number of oxazole rings is 1. The van der Waals surface area contributed by atoms with E-state index in [0.717, 1.165) is 47.6 Å². The van der Waals surface area contributed by atoms with Gasteiger partial charge in [0.1, 0.15) is 17.5 Å². The van der Waals surface area contributed by atoms with Crippen molar-refractivity contribution in [2.45, 2.75) is 51.2 Å². The van der Waals surface area contributed by atoms with E-state index >= 15 is 0 Å². The Hall–Kier alpha value is -4.97. The molecule has 0 N–H and O–H groups in total. The van der Waals surface area contributed by atoms with Crippen LogP contribution in [0.5, 0.6) is 5.75 Å². The monoisotopic (exact) mass is 673 g/mol. The second-order valence-electron chi connectivity index (χ2n) is 14.4. The molecule has 1 saturated heterocycles. The quantitative estimate of drug-likeness (QED) is 0.151. The van der Waals surface area contributed by atoms with Crippen molar-refractivity contribution < 1.29 is 13.6 Å². The first-order valence-electron chi connectivity index (χ1n) is 17.8. The van der Waals surface area contributed by atoms with Crippen molar-refractivity contribution in [2.75, 3.05) is 6.61 Å². The van der Waals surface area contributed by atoms with Gasteiger partial charge in [-0.2, -0.15) is 0 Å².